The summed E-state index contributed by atoms with van der Waals surface area (Å²) in [7, 11) is -3.77. The zero-order valence-corrected chi connectivity index (χ0v) is 13.0. The Bertz CT molecular complexity index is 870. The summed E-state index contributed by atoms with van der Waals surface area (Å²) in [5, 5.41) is 16.5. The predicted octanol–water partition coefficient (Wildman–Crippen LogP) is 1.33. The summed E-state index contributed by atoms with van der Waals surface area (Å²) in [6.07, 6.45) is 0.234. The molecular formula is C16H15N3O3S. The van der Waals surface area contributed by atoms with Crippen molar-refractivity contribution in [3.8, 4) is 6.07 Å². The maximum Gasteiger partial charge on any atom is 0.251 e. The van der Waals surface area contributed by atoms with E-state index in [1.807, 2.05) is 6.07 Å². The third kappa shape index (κ3) is 4.64. The molecule has 0 aliphatic carbocycles. The third-order valence-corrected chi connectivity index (χ3v) is 4.06. The number of nitriles is 1. The molecule has 2 rings (SSSR count). The number of benzene rings is 2. The van der Waals surface area contributed by atoms with Crippen LogP contribution in [0.1, 0.15) is 21.5 Å². The van der Waals surface area contributed by atoms with Gasteiger partial charge in [-0.05, 0) is 35.4 Å². The number of nitrogens with one attached hydrogen (secondary N) is 1. The zero-order chi connectivity index (χ0) is 16.9. The molecule has 0 radical (unpaired) electrons. The summed E-state index contributed by atoms with van der Waals surface area (Å²) < 4.78 is 22.6. The van der Waals surface area contributed by atoms with Gasteiger partial charge in [-0.25, -0.2) is 13.6 Å². The Morgan fingerprint density at radius 1 is 1.13 bits per heavy atom. The fourth-order valence-electron chi connectivity index (χ4n) is 2.03. The van der Waals surface area contributed by atoms with Gasteiger partial charge in [0.1, 0.15) is 0 Å². The number of primary sulfonamides is 1. The topological polar surface area (TPSA) is 113 Å². The summed E-state index contributed by atoms with van der Waals surface area (Å²) in [4.78, 5) is 12.1. The maximum atomic E-state index is 12.1. The number of nitrogens with two attached hydrogens (primary N) is 1. The highest BCUT2D eigenvalue weighted by Crippen LogP contribution is 2.10. The number of sulfonamides is 1. The molecule has 0 unspecified atom stereocenters. The van der Waals surface area contributed by atoms with Crippen LogP contribution in [0.2, 0.25) is 0 Å². The van der Waals surface area contributed by atoms with E-state index in [0.717, 1.165) is 5.56 Å². The van der Waals surface area contributed by atoms with Crippen molar-refractivity contribution < 1.29 is 13.2 Å². The van der Waals surface area contributed by atoms with Gasteiger partial charge in [-0.1, -0.05) is 24.3 Å². The first-order valence-corrected chi connectivity index (χ1v) is 8.30. The fourth-order valence-corrected chi connectivity index (χ4v) is 2.61. The van der Waals surface area contributed by atoms with E-state index in [-0.39, 0.29) is 23.8 Å². The Balaban J connectivity index is 2.08. The molecule has 0 aliphatic rings. The number of nitrogens with zero attached hydrogens (tertiary/aromatic N) is 1. The largest absolute Gasteiger partial charge is 0.348 e. The molecule has 3 N–H and O–H groups in total. The molecule has 0 aromatic heterocycles. The minimum atomic E-state index is -3.77. The summed E-state index contributed by atoms with van der Waals surface area (Å²) in [5.74, 6) is -0.300. The van der Waals surface area contributed by atoms with E-state index in [9.17, 15) is 13.2 Å². The second-order valence-corrected chi connectivity index (χ2v) is 6.47. The van der Waals surface area contributed by atoms with Gasteiger partial charge >= 0.3 is 0 Å². The molecule has 0 spiro atoms. The van der Waals surface area contributed by atoms with E-state index in [2.05, 4.69) is 5.32 Å². The van der Waals surface area contributed by atoms with Crippen LogP contribution in [0.4, 0.5) is 0 Å². The highest BCUT2D eigenvalue weighted by molar-refractivity contribution is 7.89. The molecule has 118 valence electrons. The average molecular weight is 329 g/mol. The summed E-state index contributed by atoms with van der Waals surface area (Å²) in [6.45, 7) is 0.171. The predicted molar refractivity (Wildman–Crippen MR) is 84.7 cm³/mol. The molecule has 0 aliphatic heterocycles. The Hall–Kier alpha value is -2.69. The number of hydrogen-bond donors (Lipinski definition) is 2. The number of carbonyl (C=O) groups is 1. The van der Waals surface area contributed by atoms with Crippen molar-refractivity contribution in [2.75, 3.05) is 0 Å². The van der Waals surface area contributed by atoms with Crippen molar-refractivity contribution in [1.29, 1.82) is 5.26 Å². The number of carbonyl (C=O) groups excluding carboxylic acids is 1. The van der Waals surface area contributed by atoms with Gasteiger partial charge in [0.05, 0.1) is 17.4 Å². The summed E-state index contributed by atoms with van der Waals surface area (Å²) in [6, 6.07) is 14.9. The molecule has 0 fully saturated rings. The average Bonchev–Trinajstić information content (AvgIpc) is 2.53. The maximum absolute atomic E-state index is 12.1. The SMILES string of the molecule is N#CCc1cccc(C(=O)NCc2cccc(S(N)(=O)=O)c2)c1. The highest BCUT2D eigenvalue weighted by atomic mass is 32.2. The van der Waals surface area contributed by atoms with Crippen molar-refractivity contribution in [2.24, 2.45) is 5.14 Å². The molecule has 6 nitrogen and oxygen atoms in total. The van der Waals surface area contributed by atoms with Gasteiger partial charge in [0, 0.05) is 12.1 Å². The lowest BCUT2D eigenvalue weighted by molar-refractivity contribution is 0.0951. The van der Waals surface area contributed by atoms with Crippen LogP contribution < -0.4 is 10.5 Å². The van der Waals surface area contributed by atoms with E-state index in [1.165, 1.54) is 12.1 Å². The molecule has 0 heterocycles. The van der Waals surface area contributed by atoms with E-state index in [0.29, 0.717) is 11.1 Å². The normalized spacial score (nSPS) is 10.8. The summed E-state index contributed by atoms with van der Waals surface area (Å²) in [5.41, 5.74) is 1.83. The fraction of sp³-hybridized carbons (Fsp3) is 0.125. The molecule has 23 heavy (non-hydrogen) atoms. The van der Waals surface area contributed by atoms with Crippen molar-refractivity contribution in [2.45, 2.75) is 17.9 Å². The Labute approximate surface area is 134 Å². The minimum Gasteiger partial charge on any atom is -0.348 e. The van der Waals surface area contributed by atoms with Crippen LogP contribution in [0.5, 0.6) is 0 Å². The van der Waals surface area contributed by atoms with Gasteiger partial charge in [-0.3, -0.25) is 4.79 Å². The molecule has 2 aromatic carbocycles. The van der Waals surface area contributed by atoms with E-state index in [1.54, 1.807) is 36.4 Å². The number of amides is 1. The lowest BCUT2D eigenvalue weighted by atomic mass is 10.1. The van der Waals surface area contributed by atoms with Crippen LogP contribution in [-0.4, -0.2) is 14.3 Å². The third-order valence-electron chi connectivity index (χ3n) is 3.15. The van der Waals surface area contributed by atoms with Crippen LogP contribution in [0, 0.1) is 11.3 Å². The monoisotopic (exact) mass is 329 g/mol. The van der Waals surface area contributed by atoms with Crippen LogP contribution in [-0.2, 0) is 23.0 Å². The standard InChI is InChI=1S/C16H15N3O3S/c17-8-7-12-3-1-5-14(9-12)16(20)19-11-13-4-2-6-15(10-13)23(18,21)22/h1-6,9-10H,7,11H2,(H,19,20)(H2,18,21,22). The van der Waals surface area contributed by atoms with Crippen LogP contribution in [0.3, 0.4) is 0 Å². The molecular weight excluding hydrogens is 314 g/mol. The highest BCUT2D eigenvalue weighted by Gasteiger charge is 2.09. The second-order valence-electron chi connectivity index (χ2n) is 4.91. The van der Waals surface area contributed by atoms with E-state index >= 15 is 0 Å². The second kappa shape index (κ2) is 7.05. The van der Waals surface area contributed by atoms with Crippen molar-refractivity contribution in [1.82, 2.24) is 5.32 Å². The Morgan fingerprint density at radius 2 is 1.83 bits per heavy atom. The Morgan fingerprint density at radius 3 is 2.52 bits per heavy atom. The van der Waals surface area contributed by atoms with Crippen LogP contribution in [0.15, 0.2) is 53.4 Å². The first-order valence-electron chi connectivity index (χ1n) is 6.76. The Kier molecular flexibility index (Phi) is 5.11. The molecule has 1 amide bonds. The zero-order valence-electron chi connectivity index (χ0n) is 12.2. The van der Waals surface area contributed by atoms with Crippen LogP contribution in [0.25, 0.3) is 0 Å². The van der Waals surface area contributed by atoms with Gasteiger partial charge in [0.25, 0.3) is 5.91 Å². The lowest BCUT2D eigenvalue weighted by Gasteiger charge is -2.07. The quantitative estimate of drug-likeness (QED) is 0.861. The molecule has 0 atom stereocenters. The molecule has 2 aromatic rings. The number of hydrogen-bond acceptors (Lipinski definition) is 4. The smallest absolute Gasteiger partial charge is 0.251 e. The molecule has 0 saturated carbocycles. The lowest BCUT2D eigenvalue weighted by Crippen LogP contribution is -2.23. The van der Waals surface area contributed by atoms with Gasteiger partial charge in [0.2, 0.25) is 10.0 Å². The van der Waals surface area contributed by atoms with Crippen molar-refractivity contribution >= 4 is 15.9 Å². The first-order chi connectivity index (χ1) is 10.9. The van der Waals surface area contributed by atoms with Gasteiger partial charge in [-0.15, -0.1) is 0 Å². The van der Waals surface area contributed by atoms with E-state index < -0.39 is 10.0 Å². The van der Waals surface area contributed by atoms with Gasteiger partial charge in [-0.2, -0.15) is 5.26 Å². The summed E-state index contributed by atoms with van der Waals surface area (Å²) >= 11 is 0. The first kappa shape index (κ1) is 16.7. The van der Waals surface area contributed by atoms with E-state index in [4.69, 9.17) is 10.4 Å². The van der Waals surface area contributed by atoms with Crippen molar-refractivity contribution in [3.63, 3.8) is 0 Å². The van der Waals surface area contributed by atoms with Gasteiger partial charge in [0.15, 0.2) is 0 Å². The molecule has 7 heteroatoms. The minimum absolute atomic E-state index is 0.000247. The number of rotatable bonds is 5. The van der Waals surface area contributed by atoms with Gasteiger partial charge < -0.3 is 5.32 Å². The van der Waals surface area contributed by atoms with Crippen molar-refractivity contribution in [3.05, 3.63) is 65.2 Å². The van der Waals surface area contributed by atoms with Crippen LogP contribution >= 0.6 is 0 Å². The molecule has 0 saturated heterocycles. The molecule has 0 bridgehead atoms.